The van der Waals surface area contributed by atoms with Crippen molar-refractivity contribution < 1.29 is 23.8 Å². The number of hydrogen-bond donors (Lipinski definition) is 1. The molecule has 1 saturated carbocycles. The lowest BCUT2D eigenvalue weighted by Gasteiger charge is -2.19. The molecule has 32 heavy (non-hydrogen) atoms. The Morgan fingerprint density at radius 1 is 1.12 bits per heavy atom. The van der Waals surface area contributed by atoms with Gasteiger partial charge in [-0.25, -0.2) is 0 Å². The number of carbonyl (C=O) groups excluding carboxylic acids is 2. The minimum absolute atomic E-state index is 0.0000576. The van der Waals surface area contributed by atoms with Crippen molar-refractivity contribution in [2.24, 2.45) is 0 Å². The summed E-state index contributed by atoms with van der Waals surface area (Å²) in [6, 6.07) is 7.53. The molecule has 1 N–H and O–H groups in total. The summed E-state index contributed by atoms with van der Waals surface area (Å²) in [4.78, 5) is 30.7. The number of benzene rings is 1. The number of anilines is 1. The normalized spacial score (nSPS) is 18.6. The van der Waals surface area contributed by atoms with E-state index >= 15 is 0 Å². The molecule has 2 aromatic rings. The zero-order valence-electron chi connectivity index (χ0n) is 18.5. The van der Waals surface area contributed by atoms with Crippen LogP contribution in [-0.2, 0) is 9.59 Å². The molecule has 0 bridgehead atoms. The molecular formula is C24H29N3O5. The van der Waals surface area contributed by atoms with Gasteiger partial charge in [-0.2, -0.15) is 0 Å². The van der Waals surface area contributed by atoms with Gasteiger partial charge in [0, 0.05) is 31.1 Å². The maximum Gasteiger partial charge on any atom is 0.244 e. The van der Waals surface area contributed by atoms with E-state index in [2.05, 4.69) is 10.3 Å². The molecule has 4 rings (SSSR count). The highest BCUT2D eigenvalue weighted by Crippen LogP contribution is 2.37. The van der Waals surface area contributed by atoms with Gasteiger partial charge in [-0.3, -0.25) is 14.6 Å². The second-order valence-electron chi connectivity index (χ2n) is 8.23. The number of likely N-dealkylation sites (tertiary alicyclic amines) is 1. The van der Waals surface area contributed by atoms with Crippen LogP contribution in [0.2, 0.25) is 0 Å². The van der Waals surface area contributed by atoms with Gasteiger partial charge in [-0.05, 0) is 43.4 Å². The Labute approximate surface area is 187 Å². The van der Waals surface area contributed by atoms with Gasteiger partial charge in [0.05, 0.1) is 33.1 Å². The molecule has 8 heteroatoms. The van der Waals surface area contributed by atoms with Crippen LogP contribution < -0.4 is 19.5 Å². The van der Waals surface area contributed by atoms with Gasteiger partial charge in [0.25, 0.3) is 0 Å². The van der Waals surface area contributed by atoms with E-state index in [0.717, 1.165) is 24.2 Å². The van der Waals surface area contributed by atoms with E-state index in [-0.39, 0.29) is 30.4 Å². The summed E-state index contributed by atoms with van der Waals surface area (Å²) in [5, 5.41) is 2.77. The van der Waals surface area contributed by atoms with E-state index < -0.39 is 0 Å². The van der Waals surface area contributed by atoms with Gasteiger partial charge in [-0.1, -0.05) is 6.07 Å². The maximum atomic E-state index is 12.6. The highest BCUT2D eigenvalue weighted by atomic mass is 16.5. The third-order valence-corrected chi connectivity index (χ3v) is 6.08. The van der Waals surface area contributed by atoms with Crippen molar-refractivity contribution in [3.63, 3.8) is 0 Å². The number of carbonyl (C=O) groups is 2. The first-order valence-corrected chi connectivity index (χ1v) is 11.0. The van der Waals surface area contributed by atoms with Crippen molar-refractivity contribution in [1.82, 2.24) is 9.88 Å². The summed E-state index contributed by atoms with van der Waals surface area (Å²) in [5.41, 5.74) is 1.50. The van der Waals surface area contributed by atoms with E-state index in [1.165, 1.54) is 26.1 Å². The van der Waals surface area contributed by atoms with Crippen LogP contribution >= 0.6 is 0 Å². The average molecular weight is 440 g/mol. The number of rotatable bonds is 8. The molecule has 170 valence electrons. The standard InChI is InChI=1S/C24H29N3O5/c1-30-20-9-10-25-13-19(20)26-23(28)15-27-14-17(12-24(27)29)16-7-8-21(31-2)22(11-16)32-18-5-3-4-6-18/h7-11,13,17-18H,3-6,12,14-15H2,1-2H3,(H,26,28). The number of methoxy groups -OCH3 is 2. The zero-order chi connectivity index (χ0) is 22.5. The Bertz CT molecular complexity index is 974. The topological polar surface area (TPSA) is 90.0 Å². The summed E-state index contributed by atoms with van der Waals surface area (Å²) < 4.78 is 16.9. The van der Waals surface area contributed by atoms with Gasteiger partial charge in [0.1, 0.15) is 11.4 Å². The van der Waals surface area contributed by atoms with Crippen molar-refractivity contribution in [1.29, 1.82) is 0 Å². The van der Waals surface area contributed by atoms with E-state index in [4.69, 9.17) is 14.2 Å². The molecule has 2 aliphatic rings. The number of ether oxygens (including phenoxy) is 3. The fraction of sp³-hybridized carbons (Fsp3) is 0.458. The second-order valence-corrected chi connectivity index (χ2v) is 8.23. The van der Waals surface area contributed by atoms with Crippen molar-refractivity contribution in [3.8, 4) is 17.2 Å². The average Bonchev–Trinajstić information content (AvgIpc) is 3.44. The van der Waals surface area contributed by atoms with Crippen LogP contribution in [-0.4, -0.2) is 55.1 Å². The number of amides is 2. The summed E-state index contributed by atoms with van der Waals surface area (Å²) in [7, 11) is 3.16. The predicted octanol–water partition coefficient (Wildman–Crippen LogP) is 3.37. The van der Waals surface area contributed by atoms with Crippen LogP contribution in [0.1, 0.15) is 43.6 Å². The Morgan fingerprint density at radius 2 is 1.91 bits per heavy atom. The monoisotopic (exact) mass is 439 g/mol. The highest BCUT2D eigenvalue weighted by molar-refractivity contribution is 5.96. The summed E-state index contributed by atoms with van der Waals surface area (Å²) in [6.45, 7) is 0.459. The zero-order valence-corrected chi connectivity index (χ0v) is 18.5. The van der Waals surface area contributed by atoms with E-state index in [1.54, 1.807) is 24.3 Å². The fourth-order valence-electron chi connectivity index (χ4n) is 4.39. The van der Waals surface area contributed by atoms with Crippen LogP contribution in [0.3, 0.4) is 0 Å². The van der Waals surface area contributed by atoms with Crippen LogP contribution in [0.4, 0.5) is 5.69 Å². The lowest BCUT2D eigenvalue weighted by atomic mass is 9.98. The third kappa shape index (κ3) is 4.95. The van der Waals surface area contributed by atoms with E-state index in [9.17, 15) is 9.59 Å². The summed E-state index contributed by atoms with van der Waals surface area (Å²) in [5.74, 6) is 1.62. The number of nitrogens with zero attached hydrogens (tertiary/aromatic N) is 2. The van der Waals surface area contributed by atoms with Gasteiger partial charge in [-0.15, -0.1) is 0 Å². The lowest BCUT2D eigenvalue weighted by molar-refractivity contribution is -0.131. The van der Waals surface area contributed by atoms with Crippen molar-refractivity contribution in [3.05, 3.63) is 42.2 Å². The second kappa shape index (κ2) is 9.89. The van der Waals surface area contributed by atoms with Crippen molar-refractivity contribution in [2.45, 2.75) is 44.1 Å². The number of aromatic nitrogens is 1. The van der Waals surface area contributed by atoms with Crippen molar-refractivity contribution >= 4 is 17.5 Å². The van der Waals surface area contributed by atoms with Crippen LogP contribution in [0, 0.1) is 0 Å². The molecule has 1 unspecified atom stereocenters. The number of nitrogens with one attached hydrogen (secondary N) is 1. The molecule has 1 aromatic carbocycles. The molecule has 1 aliphatic carbocycles. The van der Waals surface area contributed by atoms with E-state index in [0.29, 0.717) is 30.2 Å². The summed E-state index contributed by atoms with van der Waals surface area (Å²) >= 11 is 0. The van der Waals surface area contributed by atoms with Gasteiger partial charge in [0.15, 0.2) is 11.5 Å². The number of pyridine rings is 1. The Balaban J connectivity index is 1.41. The number of hydrogen-bond acceptors (Lipinski definition) is 6. The third-order valence-electron chi connectivity index (χ3n) is 6.08. The first kappa shape index (κ1) is 21.9. The quantitative estimate of drug-likeness (QED) is 0.678. The lowest BCUT2D eigenvalue weighted by Crippen LogP contribution is -2.34. The molecule has 8 nitrogen and oxygen atoms in total. The van der Waals surface area contributed by atoms with Crippen LogP contribution in [0.15, 0.2) is 36.7 Å². The van der Waals surface area contributed by atoms with Crippen LogP contribution in [0.5, 0.6) is 17.2 Å². The van der Waals surface area contributed by atoms with Gasteiger partial charge >= 0.3 is 0 Å². The van der Waals surface area contributed by atoms with Crippen LogP contribution in [0.25, 0.3) is 0 Å². The smallest absolute Gasteiger partial charge is 0.244 e. The molecule has 2 amide bonds. The van der Waals surface area contributed by atoms with Crippen molar-refractivity contribution in [2.75, 3.05) is 32.6 Å². The largest absolute Gasteiger partial charge is 0.494 e. The van der Waals surface area contributed by atoms with Gasteiger partial charge < -0.3 is 24.4 Å². The Kier molecular flexibility index (Phi) is 6.78. The molecule has 1 aliphatic heterocycles. The van der Waals surface area contributed by atoms with E-state index in [1.807, 2.05) is 18.2 Å². The molecule has 0 radical (unpaired) electrons. The minimum Gasteiger partial charge on any atom is -0.494 e. The maximum absolute atomic E-state index is 12.6. The highest BCUT2D eigenvalue weighted by Gasteiger charge is 2.32. The molecule has 1 saturated heterocycles. The first-order chi connectivity index (χ1) is 15.6. The van der Waals surface area contributed by atoms with Gasteiger partial charge in [0.2, 0.25) is 11.8 Å². The predicted molar refractivity (Wildman–Crippen MR) is 119 cm³/mol. The minimum atomic E-state index is -0.287. The molecule has 2 fully saturated rings. The Hall–Kier alpha value is -3.29. The summed E-state index contributed by atoms with van der Waals surface area (Å²) in [6.07, 6.45) is 8.17. The molecule has 1 aromatic heterocycles. The first-order valence-electron chi connectivity index (χ1n) is 11.0. The fourth-order valence-corrected chi connectivity index (χ4v) is 4.39. The molecular weight excluding hydrogens is 410 g/mol. The Morgan fingerprint density at radius 3 is 2.66 bits per heavy atom. The molecule has 1 atom stereocenters. The molecule has 2 heterocycles. The SMILES string of the molecule is COc1ccncc1NC(=O)CN1CC(c2ccc(OC)c(OC3CCCC3)c2)CC1=O. The molecule has 0 spiro atoms.